The van der Waals surface area contributed by atoms with Crippen LogP contribution in [0.3, 0.4) is 0 Å². The topological polar surface area (TPSA) is 90.3 Å². The molecular formula is C17H13ClF3N3O4S. The lowest BCUT2D eigenvalue weighted by Crippen LogP contribution is -2.27. The first-order chi connectivity index (χ1) is 13.5. The number of nitrogens with zero attached hydrogens (tertiary/aromatic N) is 2. The number of ether oxygens (including phenoxy) is 1. The molecule has 3 aromatic rings. The first kappa shape index (κ1) is 20.9. The molecule has 0 spiro atoms. The van der Waals surface area contributed by atoms with Crippen molar-refractivity contribution in [3.8, 4) is 5.75 Å². The van der Waals surface area contributed by atoms with Crippen molar-refractivity contribution in [3.05, 3.63) is 58.1 Å². The average molecular weight is 448 g/mol. The summed E-state index contributed by atoms with van der Waals surface area (Å²) in [4.78, 5) is 16.6. The zero-order chi connectivity index (χ0) is 21.4. The van der Waals surface area contributed by atoms with Gasteiger partial charge in [0.2, 0.25) is 0 Å². The summed E-state index contributed by atoms with van der Waals surface area (Å²) in [5.74, 6) is -0.773. The Kier molecular flexibility index (Phi) is 5.46. The first-order valence-electron chi connectivity index (χ1n) is 8.06. The minimum absolute atomic E-state index is 0.0188. The Bertz CT molecular complexity index is 1240. The molecule has 0 atom stereocenters. The number of rotatable bonds is 5. The van der Waals surface area contributed by atoms with E-state index in [-0.39, 0.29) is 32.3 Å². The van der Waals surface area contributed by atoms with Gasteiger partial charge in [0, 0.05) is 5.02 Å². The lowest BCUT2D eigenvalue weighted by Gasteiger charge is -2.14. The van der Waals surface area contributed by atoms with E-state index in [1.54, 1.807) is 0 Å². The molecular weight excluding hydrogens is 435 g/mol. The van der Waals surface area contributed by atoms with Crippen molar-refractivity contribution < 1.29 is 26.3 Å². The van der Waals surface area contributed by atoms with E-state index in [0.717, 1.165) is 23.1 Å². The molecule has 29 heavy (non-hydrogen) atoms. The summed E-state index contributed by atoms with van der Waals surface area (Å²) in [6.45, 7) is 1.46. The number of anilines is 1. The molecule has 0 fully saturated rings. The second-order valence-electron chi connectivity index (χ2n) is 5.80. The van der Waals surface area contributed by atoms with E-state index in [1.807, 2.05) is 0 Å². The normalized spacial score (nSPS) is 12.2. The fraction of sp³-hybridized carbons (Fsp3) is 0.176. The third kappa shape index (κ3) is 4.62. The molecule has 7 nitrogen and oxygen atoms in total. The third-order valence-electron chi connectivity index (χ3n) is 3.86. The van der Waals surface area contributed by atoms with Crippen molar-refractivity contribution in [2.75, 3.05) is 11.2 Å². The van der Waals surface area contributed by atoms with Crippen LogP contribution in [0.25, 0.3) is 10.9 Å². The second-order valence-corrected chi connectivity index (χ2v) is 8.49. The zero-order valence-corrected chi connectivity index (χ0v) is 16.3. The van der Waals surface area contributed by atoms with Gasteiger partial charge in [0.1, 0.15) is 12.1 Å². The number of aromatic nitrogens is 2. The van der Waals surface area contributed by atoms with Crippen LogP contribution in [0.2, 0.25) is 5.02 Å². The molecule has 12 heteroatoms. The molecule has 1 aromatic heterocycles. The van der Waals surface area contributed by atoms with Gasteiger partial charge in [0.25, 0.3) is 5.56 Å². The van der Waals surface area contributed by atoms with Crippen molar-refractivity contribution in [2.24, 2.45) is 0 Å². The van der Waals surface area contributed by atoms with Crippen LogP contribution in [0.5, 0.6) is 5.75 Å². The molecule has 1 heterocycles. The highest BCUT2D eigenvalue weighted by Gasteiger charge is 2.31. The smallest absolute Gasteiger partial charge is 0.406 e. The van der Waals surface area contributed by atoms with Gasteiger partial charge >= 0.3 is 6.36 Å². The zero-order valence-electron chi connectivity index (χ0n) is 14.7. The Morgan fingerprint density at radius 3 is 2.59 bits per heavy atom. The Hall–Kier alpha value is -2.79. The first-order valence-corrected chi connectivity index (χ1v) is 10.1. The highest BCUT2D eigenvalue weighted by atomic mass is 35.5. The van der Waals surface area contributed by atoms with Crippen molar-refractivity contribution in [3.63, 3.8) is 0 Å². The van der Waals surface area contributed by atoms with Gasteiger partial charge in [-0.15, -0.1) is 13.2 Å². The number of sulfone groups is 1. The summed E-state index contributed by atoms with van der Waals surface area (Å²) in [5, 5.41) is 0.0499. The molecule has 3 rings (SSSR count). The maximum atomic E-state index is 12.7. The van der Waals surface area contributed by atoms with E-state index in [9.17, 15) is 26.4 Å². The number of nitrogens with one attached hydrogen (secondary N) is 1. The maximum absolute atomic E-state index is 12.7. The summed E-state index contributed by atoms with van der Waals surface area (Å²) in [6.07, 6.45) is -3.84. The molecule has 154 valence electrons. The SMILES string of the molecule is CCS(=O)(=O)c1ccc(Cl)cc1Nn1cnc2ccc(OC(F)(F)F)cc2c1=O. The van der Waals surface area contributed by atoms with Crippen molar-refractivity contribution in [2.45, 2.75) is 18.2 Å². The van der Waals surface area contributed by atoms with Crippen LogP contribution < -0.4 is 15.7 Å². The van der Waals surface area contributed by atoms with Crippen LogP contribution >= 0.6 is 11.6 Å². The Morgan fingerprint density at radius 2 is 1.93 bits per heavy atom. The van der Waals surface area contributed by atoms with Crippen LogP contribution in [-0.2, 0) is 9.84 Å². The predicted molar refractivity (Wildman–Crippen MR) is 101 cm³/mol. The van der Waals surface area contributed by atoms with E-state index in [4.69, 9.17) is 11.6 Å². The van der Waals surface area contributed by atoms with E-state index in [2.05, 4.69) is 15.1 Å². The molecule has 0 aliphatic heterocycles. The summed E-state index contributed by atoms with van der Waals surface area (Å²) >= 11 is 5.93. The van der Waals surface area contributed by atoms with Gasteiger partial charge in [-0.2, -0.15) is 0 Å². The Labute approximate surface area is 167 Å². The number of alkyl halides is 3. The largest absolute Gasteiger partial charge is 0.573 e. The molecule has 0 saturated carbocycles. The molecule has 2 aromatic carbocycles. The minimum atomic E-state index is -4.92. The Morgan fingerprint density at radius 1 is 1.21 bits per heavy atom. The molecule has 1 N–H and O–H groups in total. The molecule has 0 unspecified atom stereocenters. The summed E-state index contributed by atoms with van der Waals surface area (Å²) in [7, 11) is -3.65. The average Bonchev–Trinajstić information content (AvgIpc) is 2.63. The second kappa shape index (κ2) is 7.56. The molecule has 0 aliphatic rings. The lowest BCUT2D eigenvalue weighted by molar-refractivity contribution is -0.274. The fourth-order valence-electron chi connectivity index (χ4n) is 2.52. The van der Waals surface area contributed by atoms with Gasteiger partial charge in [-0.3, -0.25) is 10.2 Å². The van der Waals surface area contributed by atoms with Crippen LogP contribution in [-0.4, -0.2) is 30.2 Å². The molecule has 0 amide bonds. The van der Waals surface area contributed by atoms with E-state index in [1.165, 1.54) is 31.2 Å². The van der Waals surface area contributed by atoms with Crippen LogP contribution in [0.15, 0.2) is 52.4 Å². The van der Waals surface area contributed by atoms with Crippen LogP contribution in [0.4, 0.5) is 18.9 Å². The number of fused-ring (bicyclic) bond motifs is 1. The van der Waals surface area contributed by atoms with Gasteiger partial charge in [-0.1, -0.05) is 18.5 Å². The third-order valence-corrected chi connectivity index (χ3v) is 5.88. The molecule has 0 bridgehead atoms. The predicted octanol–water partition coefficient (Wildman–Crippen LogP) is 3.62. The van der Waals surface area contributed by atoms with Gasteiger partial charge < -0.3 is 4.74 Å². The Balaban J connectivity index is 2.09. The molecule has 0 aliphatic carbocycles. The monoisotopic (exact) mass is 447 g/mol. The fourth-order valence-corrected chi connectivity index (χ4v) is 3.72. The molecule has 0 saturated heterocycles. The van der Waals surface area contributed by atoms with Gasteiger partial charge in [-0.05, 0) is 36.4 Å². The lowest BCUT2D eigenvalue weighted by atomic mass is 10.2. The van der Waals surface area contributed by atoms with Gasteiger partial charge in [0.15, 0.2) is 9.84 Å². The van der Waals surface area contributed by atoms with E-state index in [0.29, 0.717) is 0 Å². The van der Waals surface area contributed by atoms with E-state index < -0.39 is 27.5 Å². The number of benzene rings is 2. The van der Waals surface area contributed by atoms with Crippen LogP contribution in [0, 0.1) is 0 Å². The minimum Gasteiger partial charge on any atom is -0.406 e. The van der Waals surface area contributed by atoms with Crippen molar-refractivity contribution >= 4 is 38.0 Å². The maximum Gasteiger partial charge on any atom is 0.573 e. The van der Waals surface area contributed by atoms with Gasteiger partial charge in [-0.25, -0.2) is 18.1 Å². The summed E-state index contributed by atoms with van der Waals surface area (Å²) in [5.41, 5.74) is 1.99. The highest BCUT2D eigenvalue weighted by molar-refractivity contribution is 7.91. The summed E-state index contributed by atoms with van der Waals surface area (Å²) < 4.78 is 66.5. The van der Waals surface area contributed by atoms with Gasteiger partial charge in [0.05, 0.1) is 27.2 Å². The highest BCUT2D eigenvalue weighted by Crippen LogP contribution is 2.27. The number of hydrogen-bond acceptors (Lipinski definition) is 6. The van der Waals surface area contributed by atoms with E-state index >= 15 is 0 Å². The number of hydrogen-bond donors (Lipinski definition) is 1. The number of halogens is 4. The van der Waals surface area contributed by atoms with Crippen LogP contribution in [0.1, 0.15) is 6.92 Å². The quantitative estimate of drug-likeness (QED) is 0.642. The standard InChI is InChI=1S/C17H13ClF3N3O4S/c1-2-29(26,27)15-6-3-10(18)7-14(15)23-24-9-22-13-5-4-11(28-17(19,20)21)8-12(13)16(24)25/h3-9,23H,2H2,1H3. The molecule has 0 radical (unpaired) electrons. The van der Waals surface area contributed by atoms with Crippen molar-refractivity contribution in [1.29, 1.82) is 0 Å². The van der Waals surface area contributed by atoms with Crippen molar-refractivity contribution in [1.82, 2.24) is 9.66 Å². The summed E-state index contributed by atoms with van der Waals surface area (Å²) in [6, 6.07) is 7.12.